The van der Waals surface area contributed by atoms with Crippen LogP contribution < -0.4 is 0 Å². The first-order valence-electron chi connectivity index (χ1n) is 6.36. The molecule has 1 atom stereocenters. The van der Waals surface area contributed by atoms with Gasteiger partial charge in [-0.25, -0.2) is 4.39 Å². The molecule has 19 heavy (non-hydrogen) atoms. The lowest BCUT2D eigenvalue weighted by atomic mass is 10.00. The van der Waals surface area contributed by atoms with Crippen LogP contribution in [0.4, 0.5) is 4.39 Å². The standard InChI is InChI=1S/C16H13Cl2F/c17-13-6-7-15(19)14(9-13)16(18)12-5-4-10-2-1-3-11(10)8-12/h4-9,16H,1-3H2. The smallest absolute Gasteiger partial charge is 0.128 e. The van der Waals surface area contributed by atoms with Gasteiger partial charge in [0.1, 0.15) is 5.82 Å². The second kappa shape index (κ2) is 5.15. The lowest BCUT2D eigenvalue weighted by Gasteiger charge is -2.13. The molecule has 98 valence electrons. The molecule has 0 amide bonds. The third kappa shape index (κ3) is 2.50. The van der Waals surface area contributed by atoms with Gasteiger partial charge in [-0.2, -0.15) is 0 Å². The zero-order chi connectivity index (χ0) is 13.4. The third-order valence-corrected chi connectivity index (χ3v) is 4.37. The van der Waals surface area contributed by atoms with E-state index in [0.717, 1.165) is 18.4 Å². The minimum Gasteiger partial charge on any atom is -0.207 e. The van der Waals surface area contributed by atoms with Crippen LogP contribution in [0.25, 0.3) is 0 Å². The van der Waals surface area contributed by atoms with Crippen molar-refractivity contribution in [3.63, 3.8) is 0 Å². The first kappa shape index (κ1) is 13.0. The number of halogens is 3. The van der Waals surface area contributed by atoms with Crippen LogP contribution in [0.2, 0.25) is 5.02 Å². The van der Waals surface area contributed by atoms with Crippen LogP contribution in [0.1, 0.15) is 34.1 Å². The average molecular weight is 295 g/mol. The zero-order valence-electron chi connectivity index (χ0n) is 10.3. The molecule has 3 rings (SSSR count). The summed E-state index contributed by atoms with van der Waals surface area (Å²) in [4.78, 5) is 0. The first-order chi connectivity index (χ1) is 9.15. The Balaban J connectivity index is 1.99. The molecule has 0 nitrogen and oxygen atoms in total. The highest BCUT2D eigenvalue weighted by Gasteiger charge is 2.18. The second-order valence-electron chi connectivity index (χ2n) is 4.91. The van der Waals surface area contributed by atoms with E-state index in [9.17, 15) is 4.39 Å². The van der Waals surface area contributed by atoms with E-state index < -0.39 is 5.38 Å². The number of benzene rings is 2. The molecule has 3 heteroatoms. The summed E-state index contributed by atoms with van der Waals surface area (Å²) >= 11 is 12.3. The van der Waals surface area contributed by atoms with Gasteiger partial charge >= 0.3 is 0 Å². The molecule has 0 aromatic heterocycles. The largest absolute Gasteiger partial charge is 0.207 e. The fraction of sp³-hybridized carbons (Fsp3) is 0.250. The Labute approximate surface area is 122 Å². The lowest BCUT2D eigenvalue weighted by molar-refractivity contribution is 0.612. The second-order valence-corrected chi connectivity index (χ2v) is 5.78. The van der Waals surface area contributed by atoms with Crippen LogP contribution in [0.3, 0.4) is 0 Å². The van der Waals surface area contributed by atoms with Crippen molar-refractivity contribution in [2.45, 2.75) is 24.6 Å². The molecular formula is C16H13Cl2F. The quantitative estimate of drug-likeness (QED) is 0.660. The van der Waals surface area contributed by atoms with Gasteiger partial charge in [-0.1, -0.05) is 29.8 Å². The number of hydrogen-bond donors (Lipinski definition) is 0. The number of aryl methyl sites for hydroxylation is 2. The monoisotopic (exact) mass is 294 g/mol. The zero-order valence-corrected chi connectivity index (χ0v) is 11.8. The molecular weight excluding hydrogens is 282 g/mol. The van der Waals surface area contributed by atoms with Crippen molar-refractivity contribution in [3.05, 3.63) is 69.5 Å². The summed E-state index contributed by atoms with van der Waals surface area (Å²) in [7, 11) is 0. The van der Waals surface area contributed by atoms with E-state index in [4.69, 9.17) is 23.2 Å². The van der Waals surface area contributed by atoms with Gasteiger partial charge in [-0.15, -0.1) is 11.6 Å². The summed E-state index contributed by atoms with van der Waals surface area (Å²) in [5.41, 5.74) is 4.10. The summed E-state index contributed by atoms with van der Waals surface area (Å²) in [6.07, 6.45) is 3.41. The van der Waals surface area contributed by atoms with E-state index in [1.165, 1.54) is 29.7 Å². The molecule has 1 aliphatic rings. The van der Waals surface area contributed by atoms with Crippen molar-refractivity contribution in [3.8, 4) is 0 Å². The van der Waals surface area contributed by atoms with Gasteiger partial charge in [0, 0.05) is 10.6 Å². The molecule has 0 saturated heterocycles. The number of hydrogen-bond acceptors (Lipinski definition) is 0. The van der Waals surface area contributed by atoms with E-state index in [-0.39, 0.29) is 5.82 Å². The Hall–Kier alpha value is -1.05. The Morgan fingerprint density at radius 2 is 1.79 bits per heavy atom. The van der Waals surface area contributed by atoms with Crippen LogP contribution in [0.5, 0.6) is 0 Å². The molecule has 0 heterocycles. The van der Waals surface area contributed by atoms with Crippen molar-refractivity contribution in [2.24, 2.45) is 0 Å². The van der Waals surface area contributed by atoms with E-state index >= 15 is 0 Å². The highest BCUT2D eigenvalue weighted by Crippen LogP contribution is 2.34. The summed E-state index contributed by atoms with van der Waals surface area (Å²) in [5.74, 6) is -0.315. The summed E-state index contributed by atoms with van der Waals surface area (Å²) < 4.78 is 13.8. The van der Waals surface area contributed by atoms with Crippen LogP contribution >= 0.6 is 23.2 Å². The van der Waals surface area contributed by atoms with Gasteiger partial charge in [0.15, 0.2) is 0 Å². The Morgan fingerprint density at radius 1 is 1.00 bits per heavy atom. The van der Waals surface area contributed by atoms with Crippen molar-refractivity contribution < 1.29 is 4.39 Å². The molecule has 0 bridgehead atoms. The van der Waals surface area contributed by atoms with Gasteiger partial charge in [0.05, 0.1) is 5.38 Å². The summed E-state index contributed by atoms with van der Waals surface area (Å²) in [5, 5.41) is 0.00723. The maximum Gasteiger partial charge on any atom is 0.128 e. The lowest BCUT2D eigenvalue weighted by Crippen LogP contribution is -1.98. The van der Waals surface area contributed by atoms with E-state index in [2.05, 4.69) is 12.1 Å². The maximum absolute atomic E-state index is 13.8. The highest BCUT2D eigenvalue weighted by molar-refractivity contribution is 6.30. The Bertz CT molecular complexity index is 622. The summed E-state index contributed by atoms with van der Waals surface area (Å²) in [6, 6.07) is 10.7. The van der Waals surface area contributed by atoms with E-state index in [1.54, 1.807) is 6.07 Å². The number of rotatable bonds is 2. The van der Waals surface area contributed by atoms with Crippen LogP contribution in [0.15, 0.2) is 36.4 Å². The fourth-order valence-electron chi connectivity index (χ4n) is 2.64. The van der Waals surface area contributed by atoms with Crippen molar-refractivity contribution >= 4 is 23.2 Å². The van der Waals surface area contributed by atoms with Gasteiger partial charge in [-0.3, -0.25) is 0 Å². The molecule has 0 saturated carbocycles. The van der Waals surface area contributed by atoms with Gasteiger partial charge < -0.3 is 0 Å². The van der Waals surface area contributed by atoms with Crippen molar-refractivity contribution in [1.82, 2.24) is 0 Å². The van der Waals surface area contributed by atoms with Gasteiger partial charge in [0.25, 0.3) is 0 Å². The third-order valence-electron chi connectivity index (χ3n) is 3.65. The molecule has 0 N–H and O–H groups in total. The Morgan fingerprint density at radius 3 is 2.63 bits per heavy atom. The number of fused-ring (bicyclic) bond motifs is 1. The maximum atomic E-state index is 13.8. The highest BCUT2D eigenvalue weighted by atomic mass is 35.5. The molecule has 0 fully saturated rings. The summed E-state index contributed by atoms with van der Waals surface area (Å²) in [6.45, 7) is 0. The molecule has 0 spiro atoms. The molecule has 2 aromatic carbocycles. The van der Waals surface area contributed by atoms with Crippen molar-refractivity contribution in [2.75, 3.05) is 0 Å². The van der Waals surface area contributed by atoms with Crippen LogP contribution in [0, 0.1) is 5.82 Å². The first-order valence-corrected chi connectivity index (χ1v) is 7.17. The average Bonchev–Trinajstić information content (AvgIpc) is 2.88. The molecule has 1 aliphatic carbocycles. The predicted octanol–water partition coefficient (Wildman–Crippen LogP) is 5.30. The molecule has 1 unspecified atom stereocenters. The topological polar surface area (TPSA) is 0 Å². The van der Waals surface area contributed by atoms with E-state index in [1.807, 2.05) is 6.07 Å². The van der Waals surface area contributed by atoms with Crippen LogP contribution in [-0.4, -0.2) is 0 Å². The molecule has 2 aromatic rings. The molecule has 0 aliphatic heterocycles. The number of alkyl halides is 1. The van der Waals surface area contributed by atoms with E-state index in [0.29, 0.717) is 10.6 Å². The van der Waals surface area contributed by atoms with Crippen molar-refractivity contribution in [1.29, 1.82) is 0 Å². The fourth-order valence-corrected chi connectivity index (χ4v) is 3.12. The Kier molecular flexibility index (Phi) is 3.51. The minimum atomic E-state index is -0.496. The SMILES string of the molecule is Fc1ccc(Cl)cc1C(Cl)c1ccc2c(c1)CCC2. The van der Waals surface area contributed by atoms with Gasteiger partial charge in [0.2, 0.25) is 0 Å². The van der Waals surface area contributed by atoms with Gasteiger partial charge in [-0.05, 0) is 54.2 Å². The minimum absolute atomic E-state index is 0.315. The van der Waals surface area contributed by atoms with Crippen LogP contribution in [-0.2, 0) is 12.8 Å². The normalized spacial score (nSPS) is 15.3. The predicted molar refractivity (Wildman–Crippen MR) is 77.6 cm³/mol. The molecule has 0 radical (unpaired) electrons.